The molecule has 4 heteroatoms. The lowest BCUT2D eigenvalue weighted by Gasteiger charge is -2.21. The topological polar surface area (TPSA) is 72.3 Å². The molecule has 0 amide bonds. The highest BCUT2D eigenvalue weighted by Crippen LogP contribution is 2.29. The third-order valence-electron chi connectivity index (χ3n) is 2.62. The molecule has 2 rings (SSSR count). The van der Waals surface area contributed by atoms with E-state index < -0.39 is 0 Å². The summed E-state index contributed by atoms with van der Waals surface area (Å²) in [6.07, 6.45) is 2.82. The minimum atomic E-state index is 0. The van der Waals surface area contributed by atoms with Gasteiger partial charge in [0.15, 0.2) is 0 Å². The molecule has 0 bridgehead atoms. The molecular formula is C10H15ClN2O. The summed E-state index contributed by atoms with van der Waals surface area (Å²) in [6.45, 7) is 0. The number of anilines is 1. The standard InChI is InChI=1S/C10H14N2O.ClH/c11-8-2-1-6-5-10(13)9(12)4-7(6)3-8;/h4-5,8,13H,1-3,11-12H2;1H. The molecular weight excluding hydrogens is 200 g/mol. The number of benzene rings is 1. The third-order valence-corrected chi connectivity index (χ3v) is 2.62. The number of halogens is 1. The summed E-state index contributed by atoms with van der Waals surface area (Å²) in [5.41, 5.74) is 14.3. The van der Waals surface area contributed by atoms with Crippen molar-refractivity contribution >= 4 is 18.1 Å². The summed E-state index contributed by atoms with van der Waals surface area (Å²) in [5.74, 6) is 0.189. The lowest BCUT2D eigenvalue weighted by molar-refractivity contribution is 0.474. The zero-order valence-corrected chi connectivity index (χ0v) is 8.68. The first kappa shape index (κ1) is 11.1. The Bertz CT molecular complexity index is 341. The average Bonchev–Trinajstić information content (AvgIpc) is 2.08. The van der Waals surface area contributed by atoms with Gasteiger partial charge in [0.2, 0.25) is 0 Å². The molecule has 5 N–H and O–H groups in total. The van der Waals surface area contributed by atoms with Gasteiger partial charge in [-0.25, -0.2) is 0 Å². The molecule has 0 aromatic heterocycles. The predicted molar refractivity (Wildman–Crippen MR) is 59.8 cm³/mol. The van der Waals surface area contributed by atoms with Crippen LogP contribution in [0.3, 0.4) is 0 Å². The molecule has 1 aromatic carbocycles. The van der Waals surface area contributed by atoms with Gasteiger partial charge in [-0.1, -0.05) is 0 Å². The summed E-state index contributed by atoms with van der Waals surface area (Å²) in [5, 5.41) is 9.38. The van der Waals surface area contributed by atoms with Crippen LogP contribution in [-0.4, -0.2) is 11.1 Å². The van der Waals surface area contributed by atoms with E-state index >= 15 is 0 Å². The fourth-order valence-electron chi connectivity index (χ4n) is 1.84. The monoisotopic (exact) mass is 214 g/mol. The highest BCUT2D eigenvalue weighted by Gasteiger charge is 2.16. The van der Waals surface area contributed by atoms with Crippen molar-refractivity contribution in [2.24, 2.45) is 5.73 Å². The van der Waals surface area contributed by atoms with Gasteiger partial charge in [-0.2, -0.15) is 0 Å². The maximum atomic E-state index is 9.38. The number of phenols is 1. The van der Waals surface area contributed by atoms with E-state index in [-0.39, 0.29) is 24.2 Å². The van der Waals surface area contributed by atoms with Crippen LogP contribution in [0.2, 0.25) is 0 Å². The second-order valence-corrected chi connectivity index (χ2v) is 3.68. The van der Waals surface area contributed by atoms with E-state index in [1.165, 1.54) is 11.1 Å². The fraction of sp³-hybridized carbons (Fsp3) is 0.400. The number of hydrogen-bond donors (Lipinski definition) is 3. The minimum Gasteiger partial charge on any atom is -0.506 e. The Kier molecular flexibility index (Phi) is 3.24. The number of aromatic hydroxyl groups is 1. The normalized spacial score (nSPS) is 19.6. The maximum Gasteiger partial charge on any atom is 0.138 e. The molecule has 0 radical (unpaired) electrons. The Balaban J connectivity index is 0.000000980. The quantitative estimate of drug-likeness (QED) is 0.449. The molecule has 0 spiro atoms. The molecule has 1 aliphatic rings. The Morgan fingerprint density at radius 1 is 1.29 bits per heavy atom. The highest BCUT2D eigenvalue weighted by molar-refractivity contribution is 5.85. The molecule has 0 heterocycles. The summed E-state index contributed by atoms with van der Waals surface area (Å²) in [4.78, 5) is 0. The molecule has 1 unspecified atom stereocenters. The molecule has 1 aliphatic carbocycles. The van der Waals surface area contributed by atoms with Crippen LogP contribution in [0.5, 0.6) is 5.75 Å². The van der Waals surface area contributed by atoms with Crippen molar-refractivity contribution < 1.29 is 5.11 Å². The van der Waals surface area contributed by atoms with E-state index in [2.05, 4.69) is 0 Å². The molecule has 1 atom stereocenters. The largest absolute Gasteiger partial charge is 0.506 e. The van der Waals surface area contributed by atoms with E-state index in [1.54, 1.807) is 6.07 Å². The minimum absolute atomic E-state index is 0. The smallest absolute Gasteiger partial charge is 0.138 e. The van der Waals surface area contributed by atoms with E-state index in [0.717, 1.165) is 19.3 Å². The van der Waals surface area contributed by atoms with E-state index in [9.17, 15) is 5.11 Å². The van der Waals surface area contributed by atoms with Crippen LogP contribution in [0.25, 0.3) is 0 Å². The number of phenolic OH excluding ortho intramolecular Hbond substituents is 1. The van der Waals surface area contributed by atoms with Crippen molar-refractivity contribution in [3.8, 4) is 5.75 Å². The molecule has 0 aliphatic heterocycles. The molecule has 14 heavy (non-hydrogen) atoms. The summed E-state index contributed by atoms with van der Waals surface area (Å²) >= 11 is 0. The molecule has 78 valence electrons. The highest BCUT2D eigenvalue weighted by atomic mass is 35.5. The van der Waals surface area contributed by atoms with Crippen LogP contribution in [0.1, 0.15) is 17.5 Å². The molecule has 0 fully saturated rings. The van der Waals surface area contributed by atoms with Gasteiger partial charge < -0.3 is 16.6 Å². The number of rotatable bonds is 0. The molecule has 0 saturated carbocycles. The van der Waals surface area contributed by atoms with Crippen molar-refractivity contribution in [2.75, 3.05) is 5.73 Å². The zero-order valence-electron chi connectivity index (χ0n) is 7.86. The Labute approximate surface area is 89.5 Å². The van der Waals surface area contributed by atoms with Crippen LogP contribution in [-0.2, 0) is 12.8 Å². The van der Waals surface area contributed by atoms with E-state index in [1.807, 2.05) is 6.07 Å². The van der Waals surface area contributed by atoms with Crippen molar-refractivity contribution in [2.45, 2.75) is 25.3 Å². The zero-order chi connectivity index (χ0) is 9.42. The van der Waals surface area contributed by atoms with Crippen LogP contribution >= 0.6 is 12.4 Å². The first-order valence-electron chi connectivity index (χ1n) is 4.52. The van der Waals surface area contributed by atoms with E-state index in [0.29, 0.717) is 5.69 Å². The van der Waals surface area contributed by atoms with Crippen molar-refractivity contribution in [1.82, 2.24) is 0 Å². The molecule has 0 saturated heterocycles. The summed E-state index contributed by atoms with van der Waals surface area (Å²) in [7, 11) is 0. The Morgan fingerprint density at radius 3 is 2.71 bits per heavy atom. The van der Waals surface area contributed by atoms with Crippen molar-refractivity contribution in [1.29, 1.82) is 0 Å². The summed E-state index contributed by atoms with van der Waals surface area (Å²) < 4.78 is 0. The van der Waals surface area contributed by atoms with Crippen LogP contribution in [0.15, 0.2) is 12.1 Å². The van der Waals surface area contributed by atoms with Gasteiger partial charge in [-0.15, -0.1) is 12.4 Å². The Morgan fingerprint density at radius 2 is 2.00 bits per heavy atom. The number of fused-ring (bicyclic) bond motifs is 1. The lowest BCUT2D eigenvalue weighted by atomic mass is 9.88. The maximum absolute atomic E-state index is 9.38. The average molecular weight is 215 g/mol. The van der Waals surface area contributed by atoms with Crippen LogP contribution < -0.4 is 11.5 Å². The second kappa shape index (κ2) is 4.07. The summed E-state index contributed by atoms with van der Waals surface area (Å²) in [6, 6.07) is 3.84. The van der Waals surface area contributed by atoms with E-state index in [4.69, 9.17) is 11.5 Å². The van der Waals surface area contributed by atoms with Crippen molar-refractivity contribution in [3.63, 3.8) is 0 Å². The number of hydrogen-bond acceptors (Lipinski definition) is 3. The van der Waals surface area contributed by atoms with Crippen LogP contribution in [0, 0.1) is 0 Å². The molecule has 3 nitrogen and oxygen atoms in total. The molecule has 1 aromatic rings. The second-order valence-electron chi connectivity index (χ2n) is 3.68. The third kappa shape index (κ3) is 1.94. The van der Waals surface area contributed by atoms with Gasteiger partial charge >= 0.3 is 0 Å². The number of aryl methyl sites for hydroxylation is 1. The Hall–Kier alpha value is -0.930. The number of nitrogens with two attached hydrogens (primary N) is 2. The van der Waals surface area contributed by atoms with Gasteiger partial charge in [0.05, 0.1) is 5.69 Å². The SMILES string of the molecule is Cl.Nc1cc2c(cc1O)CCC(N)C2. The van der Waals surface area contributed by atoms with Gasteiger partial charge in [-0.3, -0.25) is 0 Å². The van der Waals surface area contributed by atoms with Crippen molar-refractivity contribution in [3.05, 3.63) is 23.3 Å². The first-order valence-corrected chi connectivity index (χ1v) is 4.52. The fourth-order valence-corrected chi connectivity index (χ4v) is 1.84. The number of nitrogen functional groups attached to an aromatic ring is 1. The van der Waals surface area contributed by atoms with Gasteiger partial charge in [0.25, 0.3) is 0 Å². The first-order chi connectivity index (χ1) is 6.16. The van der Waals surface area contributed by atoms with Gasteiger partial charge in [-0.05, 0) is 42.5 Å². The van der Waals surface area contributed by atoms with Gasteiger partial charge in [0.1, 0.15) is 5.75 Å². The predicted octanol–water partition coefficient (Wildman–Crippen LogP) is 1.21. The lowest BCUT2D eigenvalue weighted by Crippen LogP contribution is -2.27. The van der Waals surface area contributed by atoms with Crippen LogP contribution in [0.4, 0.5) is 5.69 Å². The van der Waals surface area contributed by atoms with Gasteiger partial charge in [0, 0.05) is 6.04 Å².